The predicted molar refractivity (Wildman–Crippen MR) is 58.3 cm³/mol. The molecule has 1 N–H and O–H groups in total. The maximum absolute atomic E-state index is 11.0. The van der Waals surface area contributed by atoms with Crippen LogP contribution in [-0.2, 0) is 10.8 Å². The Morgan fingerprint density at radius 1 is 1.54 bits per heavy atom. The summed E-state index contributed by atoms with van der Waals surface area (Å²) in [5.74, 6) is 1.58. The maximum Gasteiger partial charge on any atom is 0.0383 e. The Morgan fingerprint density at radius 3 is 2.69 bits per heavy atom. The van der Waals surface area contributed by atoms with E-state index in [1.165, 1.54) is 19.3 Å². The van der Waals surface area contributed by atoms with Crippen LogP contribution in [0.5, 0.6) is 0 Å². The summed E-state index contributed by atoms with van der Waals surface area (Å²) in [4.78, 5) is 0. The molecule has 1 rings (SSSR count). The Balaban J connectivity index is 2.26. The van der Waals surface area contributed by atoms with Crippen molar-refractivity contribution >= 4 is 10.8 Å². The van der Waals surface area contributed by atoms with Gasteiger partial charge in [0.15, 0.2) is 0 Å². The Kier molecular flexibility index (Phi) is 4.39. The zero-order valence-corrected chi connectivity index (χ0v) is 9.69. The van der Waals surface area contributed by atoms with Crippen LogP contribution in [0.15, 0.2) is 0 Å². The van der Waals surface area contributed by atoms with Crippen LogP contribution >= 0.6 is 0 Å². The summed E-state index contributed by atoms with van der Waals surface area (Å²) < 4.78 is 11.0. The molecule has 4 unspecified atom stereocenters. The van der Waals surface area contributed by atoms with Crippen molar-refractivity contribution < 1.29 is 4.21 Å². The first kappa shape index (κ1) is 11.2. The summed E-state index contributed by atoms with van der Waals surface area (Å²) in [6, 6.07) is 1.06. The summed E-state index contributed by atoms with van der Waals surface area (Å²) in [5.41, 5.74) is 0. The molecule has 0 aromatic heterocycles. The van der Waals surface area contributed by atoms with Crippen LogP contribution in [0.4, 0.5) is 0 Å². The highest BCUT2D eigenvalue weighted by atomic mass is 32.2. The Morgan fingerprint density at radius 2 is 2.23 bits per heavy atom. The van der Waals surface area contributed by atoms with E-state index in [4.69, 9.17) is 0 Å². The van der Waals surface area contributed by atoms with Crippen molar-refractivity contribution in [3.63, 3.8) is 0 Å². The molecule has 4 atom stereocenters. The molecule has 0 aliphatic heterocycles. The second-order valence-electron chi connectivity index (χ2n) is 4.32. The molecule has 13 heavy (non-hydrogen) atoms. The van der Waals surface area contributed by atoms with Crippen LogP contribution in [0.1, 0.15) is 33.1 Å². The van der Waals surface area contributed by atoms with Crippen LogP contribution in [0, 0.1) is 5.92 Å². The van der Waals surface area contributed by atoms with E-state index < -0.39 is 10.8 Å². The molecule has 3 heteroatoms. The van der Waals surface area contributed by atoms with Crippen molar-refractivity contribution in [3.8, 4) is 0 Å². The number of nitrogens with one attached hydrogen (secondary N) is 1. The smallest absolute Gasteiger partial charge is 0.0383 e. The largest absolute Gasteiger partial charge is 0.310 e. The molecule has 1 aliphatic rings. The molecule has 0 heterocycles. The quantitative estimate of drug-likeness (QED) is 0.751. The van der Waals surface area contributed by atoms with Gasteiger partial charge in [-0.15, -0.1) is 0 Å². The Bertz CT molecular complexity index is 184. The van der Waals surface area contributed by atoms with Crippen molar-refractivity contribution in [1.82, 2.24) is 5.32 Å². The van der Waals surface area contributed by atoms with E-state index in [0.29, 0.717) is 12.1 Å². The van der Waals surface area contributed by atoms with Gasteiger partial charge in [0.05, 0.1) is 0 Å². The van der Waals surface area contributed by atoms with E-state index in [0.717, 1.165) is 11.7 Å². The summed E-state index contributed by atoms with van der Waals surface area (Å²) in [6.45, 7) is 4.44. The van der Waals surface area contributed by atoms with Crippen molar-refractivity contribution in [2.45, 2.75) is 45.2 Å². The molecule has 0 amide bonds. The van der Waals surface area contributed by atoms with Gasteiger partial charge in [0.1, 0.15) is 0 Å². The zero-order chi connectivity index (χ0) is 9.84. The monoisotopic (exact) mass is 203 g/mol. The normalized spacial score (nSPS) is 33.2. The molecule has 0 aromatic rings. The highest BCUT2D eigenvalue weighted by molar-refractivity contribution is 7.84. The SMILES string of the molecule is CC(CS(C)=O)NC1CCCC1C. The summed E-state index contributed by atoms with van der Waals surface area (Å²) in [7, 11) is -0.669. The molecule has 0 radical (unpaired) electrons. The maximum atomic E-state index is 11.0. The molecule has 1 fully saturated rings. The average Bonchev–Trinajstić information content (AvgIpc) is 2.34. The minimum Gasteiger partial charge on any atom is -0.310 e. The fourth-order valence-corrected chi connectivity index (χ4v) is 2.96. The number of hydrogen-bond donors (Lipinski definition) is 1. The number of hydrogen-bond acceptors (Lipinski definition) is 2. The van der Waals surface area contributed by atoms with Crippen molar-refractivity contribution in [2.24, 2.45) is 5.92 Å². The molecule has 0 saturated heterocycles. The van der Waals surface area contributed by atoms with Gasteiger partial charge in [0.2, 0.25) is 0 Å². The van der Waals surface area contributed by atoms with Gasteiger partial charge in [-0.05, 0) is 25.7 Å². The lowest BCUT2D eigenvalue weighted by molar-refractivity contribution is 0.397. The lowest BCUT2D eigenvalue weighted by atomic mass is 10.1. The molecule has 2 nitrogen and oxygen atoms in total. The lowest BCUT2D eigenvalue weighted by Crippen LogP contribution is -2.40. The zero-order valence-electron chi connectivity index (χ0n) is 8.88. The third kappa shape index (κ3) is 3.77. The summed E-state index contributed by atoms with van der Waals surface area (Å²) in [6.07, 6.45) is 5.76. The minimum absolute atomic E-state index is 0.399. The van der Waals surface area contributed by atoms with Crippen molar-refractivity contribution in [1.29, 1.82) is 0 Å². The topological polar surface area (TPSA) is 29.1 Å². The van der Waals surface area contributed by atoms with E-state index in [2.05, 4.69) is 19.2 Å². The molecule has 1 saturated carbocycles. The van der Waals surface area contributed by atoms with Gasteiger partial charge in [0, 0.05) is 34.9 Å². The second-order valence-corrected chi connectivity index (χ2v) is 5.80. The fourth-order valence-electron chi connectivity index (χ4n) is 2.16. The molecule has 0 bridgehead atoms. The van der Waals surface area contributed by atoms with Gasteiger partial charge in [0.25, 0.3) is 0 Å². The van der Waals surface area contributed by atoms with Gasteiger partial charge < -0.3 is 5.32 Å². The molecular weight excluding hydrogens is 182 g/mol. The fraction of sp³-hybridized carbons (Fsp3) is 1.00. The van der Waals surface area contributed by atoms with E-state index in [1.54, 1.807) is 6.26 Å². The molecule has 0 spiro atoms. The average molecular weight is 203 g/mol. The van der Waals surface area contributed by atoms with Crippen LogP contribution in [0.3, 0.4) is 0 Å². The van der Waals surface area contributed by atoms with Crippen molar-refractivity contribution in [3.05, 3.63) is 0 Å². The Labute approximate surface area is 83.9 Å². The molecule has 1 aliphatic carbocycles. The standard InChI is InChI=1S/C10H21NOS/c1-8-5-4-6-10(8)11-9(2)7-13(3)12/h8-11H,4-7H2,1-3H3. The van der Waals surface area contributed by atoms with E-state index in [-0.39, 0.29) is 0 Å². The molecular formula is C10H21NOS. The van der Waals surface area contributed by atoms with Crippen LogP contribution in [0.2, 0.25) is 0 Å². The Hall–Kier alpha value is 0.110. The number of rotatable bonds is 4. The third-order valence-electron chi connectivity index (χ3n) is 2.84. The van der Waals surface area contributed by atoms with E-state index in [1.807, 2.05) is 0 Å². The molecule has 78 valence electrons. The molecule has 0 aromatic carbocycles. The van der Waals surface area contributed by atoms with Crippen LogP contribution in [-0.4, -0.2) is 28.3 Å². The van der Waals surface area contributed by atoms with Crippen LogP contribution in [0.25, 0.3) is 0 Å². The van der Waals surface area contributed by atoms with Crippen molar-refractivity contribution in [2.75, 3.05) is 12.0 Å². The second kappa shape index (κ2) is 5.11. The van der Waals surface area contributed by atoms with Crippen LogP contribution < -0.4 is 5.32 Å². The summed E-state index contributed by atoms with van der Waals surface area (Å²) in [5, 5.41) is 3.57. The highest BCUT2D eigenvalue weighted by Gasteiger charge is 2.24. The first-order chi connectivity index (χ1) is 6.09. The summed E-state index contributed by atoms with van der Waals surface area (Å²) >= 11 is 0. The third-order valence-corrected chi connectivity index (χ3v) is 3.81. The van der Waals surface area contributed by atoms with Gasteiger partial charge in [-0.3, -0.25) is 4.21 Å². The van der Waals surface area contributed by atoms with Gasteiger partial charge >= 0.3 is 0 Å². The predicted octanol–water partition coefficient (Wildman–Crippen LogP) is 1.53. The first-order valence-electron chi connectivity index (χ1n) is 5.15. The van der Waals surface area contributed by atoms with E-state index in [9.17, 15) is 4.21 Å². The lowest BCUT2D eigenvalue weighted by Gasteiger charge is -2.22. The minimum atomic E-state index is -0.669. The van der Waals surface area contributed by atoms with Gasteiger partial charge in [-0.25, -0.2) is 0 Å². The van der Waals surface area contributed by atoms with Gasteiger partial charge in [-0.1, -0.05) is 13.3 Å². The first-order valence-corrected chi connectivity index (χ1v) is 6.88. The van der Waals surface area contributed by atoms with Gasteiger partial charge in [-0.2, -0.15) is 0 Å². The highest BCUT2D eigenvalue weighted by Crippen LogP contribution is 2.25. The van der Waals surface area contributed by atoms with E-state index >= 15 is 0 Å².